The number of fused-ring (bicyclic) bond motifs is 1. The fourth-order valence-electron chi connectivity index (χ4n) is 3.58. The van der Waals surface area contributed by atoms with E-state index in [4.69, 9.17) is 0 Å². The highest BCUT2D eigenvalue weighted by atomic mass is 19.2. The third-order valence-electron chi connectivity index (χ3n) is 5.31. The molecule has 9 nitrogen and oxygen atoms in total. The Morgan fingerprint density at radius 3 is 2.59 bits per heavy atom. The van der Waals surface area contributed by atoms with E-state index in [9.17, 15) is 18.4 Å². The van der Waals surface area contributed by atoms with Crippen molar-refractivity contribution in [3.63, 3.8) is 0 Å². The van der Waals surface area contributed by atoms with E-state index < -0.39 is 17.7 Å². The summed E-state index contributed by atoms with van der Waals surface area (Å²) in [4.78, 5) is 33.6. The van der Waals surface area contributed by atoms with Gasteiger partial charge in [0.1, 0.15) is 0 Å². The quantitative estimate of drug-likeness (QED) is 0.447. The summed E-state index contributed by atoms with van der Waals surface area (Å²) >= 11 is 0. The van der Waals surface area contributed by atoms with Crippen molar-refractivity contribution in [1.82, 2.24) is 34.7 Å². The maximum absolute atomic E-state index is 13.6. The number of amides is 1. The number of nitrogens with zero attached hydrogens (tertiary/aromatic N) is 6. The van der Waals surface area contributed by atoms with Gasteiger partial charge in [0.15, 0.2) is 17.5 Å². The molecule has 1 aromatic carbocycles. The topological polar surface area (TPSA) is 107 Å². The van der Waals surface area contributed by atoms with Gasteiger partial charge in [0.2, 0.25) is 5.91 Å². The number of benzene rings is 1. The van der Waals surface area contributed by atoms with Crippen molar-refractivity contribution in [2.75, 3.05) is 0 Å². The molecule has 0 radical (unpaired) electrons. The van der Waals surface area contributed by atoms with E-state index in [0.29, 0.717) is 29.3 Å². The zero-order valence-corrected chi connectivity index (χ0v) is 18.9. The molecule has 0 spiro atoms. The fraction of sp³-hybridized carbons (Fsp3) is 0.304. The van der Waals surface area contributed by atoms with E-state index in [-0.39, 0.29) is 24.4 Å². The van der Waals surface area contributed by atoms with E-state index in [2.05, 4.69) is 25.5 Å². The lowest BCUT2D eigenvalue weighted by atomic mass is 10.1. The molecule has 0 aliphatic carbocycles. The van der Waals surface area contributed by atoms with Crippen molar-refractivity contribution in [3.8, 4) is 11.3 Å². The largest absolute Gasteiger partial charge is 0.351 e. The minimum Gasteiger partial charge on any atom is -0.351 e. The zero-order chi connectivity index (χ0) is 24.4. The van der Waals surface area contributed by atoms with Crippen molar-refractivity contribution in [1.29, 1.82) is 0 Å². The molecule has 0 bridgehead atoms. The second-order valence-electron chi connectivity index (χ2n) is 8.00. The Bertz CT molecular complexity index is 1430. The molecule has 4 rings (SSSR count). The molecule has 3 aromatic heterocycles. The summed E-state index contributed by atoms with van der Waals surface area (Å²) in [5.41, 5.74) is 1.94. The fourth-order valence-corrected chi connectivity index (χ4v) is 3.58. The minimum absolute atomic E-state index is 0.0461. The van der Waals surface area contributed by atoms with Gasteiger partial charge in [0, 0.05) is 29.1 Å². The number of carbonyl (C=O) groups is 1. The van der Waals surface area contributed by atoms with Gasteiger partial charge < -0.3 is 5.32 Å². The van der Waals surface area contributed by atoms with E-state index in [1.165, 1.54) is 22.9 Å². The molecule has 0 aliphatic heterocycles. The van der Waals surface area contributed by atoms with Crippen LogP contribution in [0.25, 0.3) is 17.0 Å². The number of nitrogens with one attached hydrogen (secondary N) is 1. The Kier molecular flexibility index (Phi) is 6.44. The lowest BCUT2D eigenvalue weighted by Crippen LogP contribution is -2.41. The summed E-state index contributed by atoms with van der Waals surface area (Å²) in [6, 6.07) is 7.63. The maximum atomic E-state index is 13.6. The van der Waals surface area contributed by atoms with Gasteiger partial charge in [-0.25, -0.2) is 23.0 Å². The highest BCUT2D eigenvalue weighted by Crippen LogP contribution is 2.18. The second-order valence-corrected chi connectivity index (χ2v) is 8.00. The molecule has 1 atom stereocenters. The summed E-state index contributed by atoms with van der Waals surface area (Å²) in [5, 5.41) is 11.5. The Morgan fingerprint density at radius 2 is 1.85 bits per heavy atom. The lowest BCUT2D eigenvalue weighted by Gasteiger charge is -2.17. The van der Waals surface area contributed by atoms with Gasteiger partial charge in [-0.15, -0.1) is 5.10 Å². The normalized spacial score (nSPS) is 12.1. The summed E-state index contributed by atoms with van der Waals surface area (Å²) in [6.07, 6.45) is 0.489. The predicted molar refractivity (Wildman–Crippen MR) is 120 cm³/mol. The number of aromatic nitrogens is 6. The summed E-state index contributed by atoms with van der Waals surface area (Å²) in [6.45, 7) is 5.72. The van der Waals surface area contributed by atoms with Crippen LogP contribution in [0.1, 0.15) is 30.6 Å². The number of hydrogen-bond donors (Lipinski definition) is 1. The molecule has 1 N–H and O–H groups in total. The zero-order valence-electron chi connectivity index (χ0n) is 18.9. The van der Waals surface area contributed by atoms with Crippen LogP contribution in [0.4, 0.5) is 8.78 Å². The van der Waals surface area contributed by atoms with Crippen LogP contribution in [0.2, 0.25) is 0 Å². The van der Waals surface area contributed by atoms with E-state index >= 15 is 0 Å². The molecule has 1 amide bonds. The van der Waals surface area contributed by atoms with Crippen molar-refractivity contribution in [2.45, 2.75) is 46.2 Å². The highest BCUT2D eigenvalue weighted by Gasteiger charge is 2.17. The van der Waals surface area contributed by atoms with Crippen LogP contribution >= 0.6 is 0 Å². The monoisotopic (exact) mass is 467 g/mol. The van der Waals surface area contributed by atoms with Crippen LogP contribution in [-0.2, 0) is 17.8 Å². The van der Waals surface area contributed by atoms with Crippen LogP contribution in [0.15, 0.2) is 41.2 Å². The molecule has 11 heteroatoms. The molecular weight excluding hydrogens is 444 g/mol. The van der Waals surface area contributed by atoms with E-state index in [1.807, 2.05) is 26.8 Å². The SMILES string of the molecule is CC[C@H](Cn1nc(-c2ccc(F)c(F)c2)ccc1=O)NC(=O)Cc1nc2nc(C)cc(C)n2n1. The summed E-state index contributed by atoms with van der Waals surface area (Å²) in [7, 11) is 0. The standard InChI is InChI=1S/C23H23F2N7O2/c1-4-16(27-21(33)11-20-28-23-26-13(2)9-14(3)32(23)30-20)12-31-22(34)8-7-19(29-31)15-5-6-17(24)18(25)10-15/h5-10,16H,4,11-12H2,1-3H3,(H,27,33)/t16-/m1/s1. The van der Waals surface area contributed by atoms with Crippen LogP contribution < -0.4 is 10.9 Å². The van der Waals surface area contributed by atoms with Gasteiger partial charge in [0.05, 0.1) is 18.7 Å². The van der Waals surface area contributed by atoms with Crippen LogP contribution in [-0.4, -0.2) is 41.3 Å². The molecule has 0 saturated carbocycles. The first-order valence-electron chi connectivity index (χ1n) is 10.8. The Labute approximate surface area is 193 Å². The molecular formula is C23H23F2N7O2. The number of rotatable bonds is 7. The third-order valence-corrected chi connectivity index (χ3v) is 5.31. The molecule has 3 heterocycles. The summed E-state index contributed by atoms with van der Waals surface area (Å²) in [5.74, 6) is -1.51. The number of aryl methyl sites for hydroxylation is 2. The first kappa shape index (κ1) is 23.1. The molecule has 34 heavy (non-hydrogen) atoms. The van der Waals surface area contributed by atoms with Crippen molar-refractivity contribution in [3.05, 3.63) is 75.6 Å². The Hall–Kier alpha value is -4.02. The Balaban J connectivity index is 1.48. The summed E-state index contributed by atoms with van der Waals surface area (Å²) < 4.78 is 29.6. The van der Waals surface area contributed by atoms with Crippen LogP contribution in [0.3, 0.4) is 0 Å². The highest BCUT2D eigenvalue weighted by molar-refractivity contribution is 5.78. The van der Waals surface area contributed by atoms with Gasteiger partial charge in [-0.05, 0) is 50.6 Å². The molecule has 0 saturated heterocycles. The van der Waals surface area contributed by atoms with Gasteiger partial charge >= 0.3 is 0 Å². The number of hydrogen-bond acceptors (Lipinski definition) is 6. The van der Waals surface area contributed by atoms with Crippen LogP contribution in [0.5, 0.6) is 0 Å². The molecule has 0 aliphatic rings. The Morgan fingerprint density at radius 1 is 1.06 bits per heavy atom. The lowest BCUT2D eigenvalue weighted by molar-refractivity contribution is -0.121. The van der Waals surface area contributed by atoms with Crippen molar-refractivity contribution >= 4 is 11.7 Å². The van der Waals surface area contributed by atoms with Gasteiger partial charge in [-0.2, -0.15) is 10.1 Å². The molecule has 176 valence electrons. The molecule has 4 aromatic rings. The van der Waals surface area contributed by atoms with Crippen molar-refractivity contribution in [2.24, 2.45) is 0 Å². The average molecular weight is 467 g/mol. The van der Waals surface area contributed by atoms with E-state index in [0.717, 1.165) is 23.5 Å². The van der Waals surface area contributed by atoms with Gasteiger partial charge in [0.25, 0.3) is 11.3 Å². The second kappa shape index (κ2) is 9.46. The molecule has 0 fully saturated rings. The van der Waals surface area contributed by atoms with Crippen molar-refractivity contribution < 1.29 is 13.6 Å². The predicted octanol–water partition coefficient (Wildman–Crippen LogP) is 2.38. The van der Waals surface area contributed by atoms with Crippen LogP contribution in [0, 0.1) is 25.5 Å². The molecule has 0 unspecified atom stereocenters. The average Bonchev–Trinajstić information content (AvgIpc) is 3.19. The van der Waals surface area contributed by atoms with Gasteiger partial charge in [-0.1, -0.05) is 6.92 Å². The minimum atomic E-state index is -1.00. The number of carbonyl (C=O) groups excluding carboxylic acids is 1. The first-order valence-corrected chi connectivity index (χ1v) is 10.8. The number of halogens is 2. The maximum Gasteiger partial charge on any atom is 0.266 e. The first-order chi connectivity index (χ1) is 16.2. The smallest absolute Gasteiger partial charge is 0.266 e. The third kappa shape index (κ3) is 4.98. The van der Waals surface area contributed by atoms with E-state index in [1.54, 1.807) is 4.52 Å². The van der Waals surface area contributed by atoms with Gasteiger partial charge in [-0.3, -0.25) is 9.59 Å².